The van der Waals surface area contributed by atoms with Crippen LogP contribution in [-0.2, 0) is 16.1 Å². The van der Waals surface area contributed by atoms with Crippen molar-refractivity contribution >= 4 is 11.8 Å². The van der Waals surface area contributed by atoms with Gasteiger partial charge in [0, 0.05) is 32.3 Å². The molecule has 0 saturated carbocycles. The Morgan fingerprint density at radius 3 is 2.52 bits per heavy atom. The summed E-state index contributed by atoms with van der Waals surface area (Å²) >= 11 is 0. The van der Waals surface area contributed by atoms with E-state index in [4.69, 9.17) is 9.47 Å². The number of rotatable bonds is 6. The van der Waals surface area contributed by atoms with Gasteiger partial charge in [0.05, 0.1) is 13.2 Å². The van der Waals surface area contributed by atoms with E-state index in [1.54, 1.807) is 14.2 Å². The molecule has 1 saturated heterocycles. The number of benzene rings is 2. The predicted octanol–water partition coefficient (Wildman–Crippen LogP) is 3.20. The van der Waals surface area contributed by atoms with Crippen LogP contribution in [0.2, 0.25) is 0 Å². The molecule has 162 valence electrons. The molecule has 2 aliphatic rings. The van der Waals surface area contributed by atoms with E-state index in [0.717, 1.165) is 28.9 Å². The van der Waals surface area contributed by atoms with Crippen molar-refractivity contribution in [2.45, 2.75) is 32.0 Å². The summed E-state index contributed by atoms with van der Waals surface area (Å²) in [5.74, 6) is 0.836. The number of hydrogen-bond acceptors (Lipinski definition) is 4. The van der Waals surface area contributed by atoms with Gasteiger partial charge in [-0.3, -0.25) is 9.59 Å². The van der Waals surface area contributed by atoms with E-state index in [-0.39, 0.29) is 17.9 Å². The second-order valence-electron chi connectivity index (χ2n) is 8.07. The number of amides is 2. The van der Waals surface area contributed by atoms with Crippen LogP contribution in [0.1, 0.15) is 27.9 Å². The molecule has 0 radical (unpaired) electrons. The number of carbonyl (C=O) groups is 2. The first-order valence-electron chi connectivity index (χ1n) is 10.5. The molecule has 1 fully saturated rings. The van der Waals surface area contributed by atoms with Gasteiger partial charge in [0.25, 0.3) is 11.8 Å². The number of aryl methyl sites for hydroxylation is 1. The second-order valence-corrected chi connectivity index (χ2v) is 8.07. The van der Waals surface area contributed by atoms with Crippen molar-refractivity contribution in [3.8, 4) is 5.75 Å². The highest BCUT2D eigenvalue weighted by Gasteiger charge is 2.49. The molecule has 4 rings (SSSR count). The van der Waals surface area contributed by atoms with Crippen LogP contribution in [-0.4, -0.2) is 61.1 Å². The van der Waals surface area contributed by atoms with E-state index in [1.165, 1.54) is 0 Å². The third kappa shape index (κ3) is 4.21. The van der Waals surface area contributed by atoms with Crippen molar-refractivity contribution in [2.75, 3.05) is 27.3 Å². The number of nitrogens with zero attached hydrogens (tertiary/aromatic N) is 2. The Bertz CT molecular complexity index is 999. The molecule has 0 aromatic heterocycles. The van der Waals surface area contributed by atoms with Crippen molar-refractivity contribution in [2.24, 2.45) is 0 Å². The van der Waals surface area contributed by atoms with E-state index in [9.17, 15) is 9.59 Å². The van der Waals surface area contributed by atoms with Crippen LogP contribution in [0, 0.1) is 6.92 Å². The summed E-state index contributed by atoms with van der Waals surface area (Å²) in [6, 6.07) is 15.3. The Hall–Kier alpha value is -3.12. The topological polar surface area (TPSA) is 59.1 Å². The predicted molar refractivity (Wildman–Crippen MR) is 118 cm³/mol. The highest BCUT2D eigenvalue weighted by molar-refractivity contribution is 5.94. The van der Waals surface area contributed by atoms with Crippen molar-refractivity contribution < 1.29 is 19.1 Å². The second kappa shape index (κ2) is 8.94. The molecule has 2 heterocycles. The summed E-state index contributed by atoms with van der Waals surface area (Å²) in [5, 5.41) is 0. The number of likely N-dealkylation sites (tertiary alicyclic amines) is 1. The largest absolute Gasteiger partial charge is 0.497 e. The number of carbonyl (C=O) groups excluding carboxylic acids is 2. The number of methoxy groups -OCH3 is 2. The lowest BCUT2D eigenvalue weighted by Crippen LogP contribution is -2.66. The fraction of sp³-hybridized carbons (Fsp3) is 0.360. The number of ether oxygens (including phenoxy) is 2. The fourth-order valence-corrected chi connectivity index (χ4v) is 4.34. The van der Waals surface area contributed by atoms with Crippen LogP contribution in [0.3, 0.4) is 0 Å². The maximum atomic E-state index is 12.8. The zero-order valence-corrected chi connectivity index (χ0v) is 18.2. The monoisotopic (exact) mass is 420 g/mol. The molecular weight excluding hydrogens is 392 g/mol. The first kappa shape index (κ1) is 21.1. The lowest BCUT2D eigenvalue weighted by atomic mass is 9.86. The molecule has 2 aliphatic heterocycles. The molecular formula is C25H28N2O4. The van der Waals surface area contributed by atoms with Crippen LogP contribution in [0.15, 0.2) is 60.2 Å². The van der Waals surface area contributed by atoms with Gasteiger partial charge in [-0.15, -0.1) is 0 Å². The van der Waals surface area contributed by atoms with Gasteiger partial charge in [-0.2, -0.15) is 0 Å². The molecule has 2 aromatic rings. The Morgan fingerprint density at radius 1 is 1.13 bits per heavy atom. The van der Waals surface area contributed by atoms with Crippen LogP contribution in [0.4, 0.5) is 0 Å². The minimum absolute atomic E-state index is 0.00230. The first-order chi connectivity index (χ1) is 15.0. The molecule has 31 heavy (non-hydrogen) atoms. The third-order valence-electron chi connectivity index (χ3n) is 6.09. The molecule has 6 heteroatoms. The average Bonchev–Trinajstić information content (AvgIpc) is 2.81. The average molecular weight is 421 g/mol. The Balaban J connectivity index is 1.46. The minimum atomic E-state index is -0.455. The Kier molecular flexibility index (Phi) is 6.09. The van der Waals surface area contributed by atoms with Gasteiger partial charge >= 0.3 is 0 Å². The van der Waals surface area contributed by atoms with Crippen molar-refractivity contribution in [1.82, 2.24) is 9.80 Å². The molecule has 0 N–H and O–H groups in total. The third-order valence-corrected chi connectivity index (χ3v) is 6.09. The van der Waals surface area contributed by atoms with E-state index in [0.29, 0.717) is 25.2 Å². The summed E-state index contributed by atoms with van der Waals surface area (Å²) in [6.45, 7) is 3.69. The summed E-state index contributed by atoms with van der Waals surface area (Å²) in [7, 11) is 3.22. The van der Waals surface area contributed by atoms with Crippen LogP contribution >= 0.6 is 0 Å². The van der Waals surface area contributed by atoms with Crippen molar-refractivity contribution in [3.05, 3.63) is 76.9 Å². The summed E-state index contributed by atoms with van der Waals surface area (Å²) in [4.78, 5) is 29.2. The van der Waals surface area contributed by atoms with Gasteiger partial charge in [0.2, 0.25) is 0 Å². The first-order valence-corrected chi connectivity index (χ1v) is 10.5. The van der Waals surface area contributed by atoms with Gasteiger partial charge in [0.15, 0.2) is 6.10 Å². The van der Waals surface area contributed by atoms with Gasteiger partial charge in [-0.05, 0) is 48.7 Å². The lowest BCUT2D eigenvalue weighted by Gasteiger charge is -2.48. The smallest absolute Gasteiger partial charge is 0.255 e. The van der Waals surface area contributed by atoms with E-state index in [2.05, 4.69) is 6.08 Å². The molecule has 2 unspecified atom stereocenters. The molecule has 6 nitrogen and oxygen atoms in total. The van der Waals surface area contributed by atoms with Crippen LogP contribution in [0.5, 0.6) is 5.75 Å². The van der Waals surface area contributed by atoms with Gasteiger partial charge in [0.1, 0.15) is 5.75 Å². The lowest BCUT2D eigenvalue weighted by molar-refractivity contribution is -0.168. The molecule has 0 aliphatic carbocycles. The molecule has 0 bridgehead atoms. The maximum absolute atomic E-state index is 12.8. The highest BCUT2D eigenvalue weighted by Crippen LogP contribution is 2.33. The normalized spacial score (nSPS) is 20.9. The maximum Gasteiger partial charge on any atom is 0.255 e. The summed E-state index contributed by atoms with van der Waals surface area (Å²) in [6.07, 6.45) is 2.36. The molecule has 2 atom stereocenters. The Labute approximate surface area is 183 Å². The fourth-order valence-electron chi connectivity index (χ4n) is 4.34. The molecule has 0 spiro atoms. The number of β-lactam (4-membered cyclic amide) rings is 1. The Morgan fingerprint density at radius 2 is 1.90 bits per heavy atom. The van der Waals surface area contributed by atoms with Gasteiger partial charge < -0.3 is 19.3 Å². The van der Waals surface area contributed by atoms with Gasteiger partial charge in [-0.1, -0.05) is 35.9 Å². The zero-order valence-electron chi connectivity index (χ0n) is 18.2. The van der Waals surface area contributed by atoms with E-state index < -0.39 is 6.10 Å². The zero-order chi connectivity index (χ0) is 22.0. The quantitative estimate of drug-likeness (QED) is 0.532. The number of hydrogen-bond donors (Lipinski definition) is 0. The van der Waals surface area contributed by atoms with Crippen molar-refractivity contribution in [3.63, 3.8) is 0 Å². The summed E-state index contributed by atoms with van der Waals surface area (Å²) < 4.78 is 10.7. The van der Waals surface area contributed by atoms with E-state index in [1.807, 2.05) is 65.3 Å². The highest BCUT2D eigenvalue weighted by atomic mass is 16.5. The van der Waals surface area contributed by atoms with Crippen molar-refractivity contribution in [1.29, 1.82) is 0 Å². The van der Waals surface area contributed by atoms with Crippen LogP contribution in [0.25, 0.3) is 0 Å². The molecule has 2 amide bonds. The summed E-state index contributed by atoms with van der Waals surface area (Å²) in [5.41, 5.74) is 3.99. The van der Waals surface area contributed by atoms with E-state index >= 15 is 0 Å². The minimum Gasteiger partial charge on any atom is -0.497 e. The standard InChI is InChI=1S/C25H28N2O4/c1-17-5-4-6-20(15-17)24(28)26-13-11-19(12-14-26)22-23(31-3)25(29)27(22)16-18-7-9-21(30-2)10-8-18/h4-11,15,22-23H,12-14,16H2,1-3H3. The van der Waals surface area contributed by atoms with Gasteiger partial charge in [-0.25, -0.2) is 0 Å². The molecule has 2 aromatic carbocycles. The SMILES string of the molecule is COc1ccc(CN2C(=O)C(OC)C2C2=CCN(C(=O)c3cccc(C)c3)CC2)cc1. The van der Waals surface area contributed by atoms with Crippen LogP contribution < -0.4 is 4.74 Å².